The molecule has 4 aliphatic rings. The third-order valence-electron chi connectivity index (χ3n) is 7.79. The Morgan fingerprint density at radius 2 is 1.86 bits per heavy atom. The molecule has 3 atom stereocenters. The van der Waals surface area contributed by atoms with Crippen LogP contribution in [0, 0.1) is 22.7 Å². The number of allylic oxidation sites excluding steroid dienone is 1. The Kier molecular flexibility index (Phi) is 5.56. The van der Waals surface area contributed by atoms with Crippen molar-refractivity contribution in [2.45, 2.75) is 65.7 Å². The number of hydrogen-bond acceptors (Lipinski definition) is 4. The Hall–Kier alpha value is -1.21. The van der Waals surface area contributed by atoms with Gasteiger partial charge >= 0.3 is 0 Å². The number of nitrogens with zero attached hydrogens (tertiary/aromatic N) is 1. The van der Waals surface area contributed by atoms with E-state index in [0.717, 1.165) is 25.8 Å². The van der Waals surface area contributed by atoms with Gasteiger partial charge in [0.2, 0.25) is 0 Å². The maximum absolute atomic E-state index is 11.9. The van der Waals surface area contributed by atoms with Crippen molar-refractivity contribution < 1.29 is 27.4 Å². The maximum atomic E-state index is 11.9. The van der Waals surface area contributed by atoms with Gasteiger partial charge in [-0.1, -0.05) is 13.8 Å². The van der Waals surface area contributed by atoms with Gasteiger partial charge < -0.3 is 5.11 Å². The molecule has 7 heteroatoms. The summed E-state index contributed by atoms with van der Waals surface area (Å²) in [6, 6.07) is 0. The van der Waals surface area contributed by atoms with Crippen LogP contribution in [0.2, 0.25) is 0 Å². The lowest BCUT2D eigenvalue weighted by molar-refractivity contribution is -0.506. The summed E-state index contributed by atoms with van der Waals surface area (Å²) in [6.45, 7) is 6.97. The van der Waals surface area contributed by atoms with Crippen molar-refractivity contribution in [2.24, 2.45) is 22.7 Å². The minimum absolute atomic E-state index is 0.0152. The first-order valence-electron chi connectivity index (χ1n) is 10.4. The summed E-state index contributed by atoms with van der Waals surface area (Å²) in [6.07, 6.45) is 6.73. The van der Waals surface area contributed by atoms with Crippen LogP contribution in [0.1, 0.15) is 65.7 Å². The molecule has 0 aromatic heterocycles. The lowest BCUT2D eigenvalue weighted by Gasteiger charge is -2.35. The smallest absolute Gasteiger partial charge is 0.265 e. The molecule has 2 bridgehead atoms. The molecular formula is C21H34NO5S+. The summed E-state index contributed by atoms with van der Waals surface area (Å²) in [5, 5.41) is 9.92. The lowest BCUT2D eigenvalue weighted by atomic mass is 9.70. The van der Waals surface area contributed by atoms with E-state index >= 15 is 0 Å². The third kappa shape index (κ3) is 3.56. The number of rotatable bonds is 2. The Balaban J connectivity index is 0.000000162. The molecule has 1 heterocycles. The van der Waals surface area contributed by atoms with E-state index in [1.165, 1.54) is 24.1 Å². The van der Waals surface area contributed by atoms with Crippen LogP contribution < -0.4 is 0 Å². The number of hydrogen-bond donors (Lipinski definition) is 2. The molecule has 158 valence electrons. The second-order valence-corrected chi connectivity index (χ2v) is 11.1. The largest absolute Gasteiger partial charge is 0.511 e. The Morgan fingerprint density at radius 3 is 2.39 bits per heavy atom. The second kappa shape index (κ2) is 7.24. The highest BCUT2D eigenvalue weighted by Gasteiger charge is 2.65. The highest BCUT2D eigenvalue weighted by molar-refractivity contribution is 7.85. The van der Waals surface area contributed by atoms with Crippen molar-refractivity contribution in [3.8, 4) is 0 Å². The molecule has 0 spiro atoms. The van der Waals surface area contributed by atoms with E-state index < -0.39 is 21.3 Å². The molecule has 0 aromatic carbocycles. The van der Waals surface area contributed by atoms with Gasteiger partial charge in [-0.2, -0.15) is 8.42 Å². The van der Waals surface area contributed by atoms with Crippen LogP contribution in [0.15, 0.2) is 11.3 Å². The standard InChI is InChI=1S/C11H17NO.C10H16O4S/c1-8-7-12(2)10-6-4-3-5-9(10)11(8)13;1-9(2)7-3-4-10(9,8(11)5-7)6-15(12,13)14/h8H,3-7H2,1-2H3;7H,3-6H2,1-2H3,(H,12,13,14)/p+1. The number of ketones is 1. The molecule has 0 aromatic rings. The zero-order valence-electron chi connectivity index (χ0n) is 17.5. The van der Waals surface area contributed by atoms with Crippen LogP contribution in [0.5, 0.6) is 0 Å². The summed E-state index contributed by atoms with van der Waals surface area (Å²) < 4.78 is 33.3. The highest BCUT2D eigenvalue weighted by atomic mass is 32.2. The first kappa shape index (κ1) is 21.5. The normalized spacial score (nSPS) is 34.2. The molecular weight excluding hydrogens is 378 g/mol. The molecule has 0 radical (unpaired) electrons. The van der Waals surface area contributed by atoms with E-state index in [1.807, 2.05) is 13.8 Å². The molecule has 2 N–H and O–H groups in total. The molecule has 3 saturated carbocycles. The number of carbonyl (C=O) groups excluding carboxylic acids is 1. The van der Waals surface area contributed by atoms with E-state index in [4.69, 9.17) is 4.55 Å². The predicted octanol–water partition coefficient (Wildman–Crippen LogP) is 3.38. The Morgan fingerprint density at radius 1 is 1.21 bits per heavy atom. The molecule has 0 saturated heterocycles. The zero-order chi connectivity index (χ0) is 20.9. The number of fused-ring (bicyclic) bond motifs is 3. The molecule has 6 nitrogen and oxygen atoms in total. The van der Waals surface area contributed by atoms with Gasteiger partial charge in [0.15, 0.2) is 12.3 Å². The average Bonchev–Trinajstić information content (AvgIpc) is 2.93. The van der Waals surface area contributed by atoms with E-state index in [9.17, 15) is 18.3 Å². The van der Waals surface area contributed by atoms with Gasteiger partial charge in [-0.15, -0.1) is 0 Å². The molecule has 28 heavy (non-hydrogen) atoms. The first-order chi connectivity index (χ1) is 12.9. The molecule has 4 rings (SSSR count). The number of carbonyl (C=O) groups is 1. The van der Waals surface area contributed by atoms with Crippen molar-refractivity contribution in [1.82, 2.24) is 0 Å². The predicted molar refractivity (Wildman–Crippen MR) is 108 cm³/mol. The van der Waals surface area contributed by atoms with Crippen LogP contribution in [0.3, 0.4) is 0 Å². The summed E-state index contributed by atoms with van der Waals surface area (Å²) in [5.74, 6) is 0.880. The SMILES string of the molecule is CC1(C)C2CCC1(CS(=O)(=O)O)C(=O)C2.CC1C[N+](C)=C2CCCCC2=C1O. The van der Waals surface area contributed by atoms with Gasteiger partial charge in [0.25, 0.3) is 10.1 Å². The van der Waals surface area contributed by atoms with Crippen LogP contribution in [-0.2, 0) is 14.9 Å². The third-order valence-corrected chi connectivity index (χ3v) is 8.65. The van der Waals surface area contributed by atoms with E-state index in [2.05, 4.69) is 18.5 Å². The molecule has 0 amide bonds. The van der Waals surface area contributed by atoms with Gasteiger partial charge in [0.05, 0.1) is 22.7 Å². The van der Waals surface area contributed by atoms with E-state index in [1.54, 1.807) is 0 Å². The highest BCUT2D eigenvalue weighted by Crippen LogP contribution is 2.64. The number of Topliss-reactive ketones (excluding diaryl/α,β-unsaturated/α-hetero) is 1. The van der Waals surface area contributed by atoms with E-state index in [-0.39, 0.29) is 17.1 Å². The number of aliphatic hydroxyl groups excluding tert-OH is 1. The summed E-state index contributed by atoms with van der Waals surface area (Å²) >= 11 is 0. The fourth-order valence-corrected chi connectivity index (χ4v) is 7.21. The lowest BCUT2D eigenvalue weighted by Crippen LogP contribution is -2.42. The van der Waals surface area contributed by atoms with Gasteiger partial charge in [-0.25, -0.2) is 4.58 Å². The van der Waals surface area contributed by atoms with Crippen molar-refractivity contribution in [1.29, 1.82) is 0 Å². The Labute approximate surface area is 168 Å². The van der Waals surface area contributed by atoms with Crippen molar-refractivity contribution in [3.05, 3.63) is 11.3 Å². The molecule has 3 aliphatic carbocycles. The Bertz CT molecular complexity index is 839. The summed E-state index contributed by atoms with van der Waals surface area (Å²) in [7, 11) is -1.93. The minimum Gasteiger partial charge on any atom is -0.511 e. The van der Waals surface area contributed by atoms with Crippen LogP contribution in [-0.4, -0.2) is 53.5 Å². The topological polar surface area (TPSA) is 94.7 Å². The van der Waals surface area contributed by atoms with Crippen LogP contribution in [0.25, 0.3) is 0 Å². The van der Waals surface area contributed by atoms with Crippen molar-refractivity contribution >= 4 is 21.6 Å². The van der Waals surface area contributed by atoms with Crippen molar-refractivity contribution in [2.75, 3.05) is 19.3 Å². The summed E-state index contributed by atoms with van der Waals surface area (Å²) in [4.78, 5) is 11.9. The molecule has 3 fully saturated rings. The number of aliphatic hydroxyl groups is 1. The first-order valence-corrected chi connectivity index (χ1v) is 12.0. The molecule has 3 unspecified atom stereocenters. The average molecular weight is 413 g/mol. The van der Waals surface area contributed by atoms with Gasteiger partial charge in [-0.3, -0.25) is 9.35 Å². The van der Waals surface area contributed by atoms with Gasteiger partial charge in [0.1, 0.15) is 18.6 Å². The fourth-order valence-electron chi connectivity index (χ4n) is 5.91. The quantitative estimate of drug-likeness (QED) is 0.536. The van der Waals surface area contributed by atoms with E-state index in [0.29, 0.717) is 24.5 Å². The monoisotopic (exact) mass is 412 g/mol. The van der Waals surface area contributed by atoms with Gasteiger partial charge in [0, 0.05) is 12.8 Å². The van der Waals surface area contributed by atoms with Crippen LogP contribution in [0.4, 0.5) is 0 Å². The fraction of sp³-hybridized carbons (Fsp3) is 0.810. The van der Waals surface area contributed by atoms with Crippen LogP contribution >= 0.6 is 0 Å². The van der Waals surface area contributed by atoms with Gasteiger partial charge in [-0.05, 0) is 50.4 Å². The maximum Gasteiger partial charge on any atom is 0.265 e. The van der Waals surface area contributed by atoms with Crippen molar-refractivity contribution in [3.63, 3.8) is 0 Å². The summed E-state index contributed by atoms with van der Waals surface area (Å²) in [5.41, 5.74) is 1.51. The zero-order valence-corrected chi connectivity index (χ0v) is 18.3. The molecule has 1 aliphatic heterocycles. The second-order valence-electron chi connectivity index (χ2n) is 9.69. The minimum atomic E-state index is -4.08.